The molecule has 2 heterocycles. The van der Waals surface area contributed by atoms with E-state index in [4.69, 9.17) is 11.6 Å². The van der Waals surface area contributed by atoms with Gasteiger partial charge >= 0.3 is 0 Å². The second-order valence-electron chi connectivity index (χ2n) is 13.3. The molecule has 0 unspecified atom stereocenters. The second-order valence-corrected chi connectivity index (χ2v) is 17.6. The van der Waals surface area contributed by atoms with Gasteiger partial charge in [-0.2, -0.15) is 21.3 Å². The van der Waals surface area contributed by atoms with Gasteiger partial charge in [-0.3, -0.25) is 0 Å². The lowest BCUT2D eigenvalue weighted by Gasteiger charge is -2.35. The highest BCUT2D eigenvalue weighted by atomic mass is 35.5. The van der Waals surface area contributed by atoms with Crippen LogP contribution in [0.25, 0.3) is 0 Å². The third kappa shape index (κ3) is 8.72. The summed E-state index contributed by atoms with van der Waals surface area (Å²) in [6.45, 7) is 8.23. The van der Waals surface area contributed by atoms with Crippen molar-refractivity contribution in [2.75, 3.05) is 71.4 Å². The molecule has 5 rings (SSSR count). The van der Waals surface area contributed by atoms with Gasteiger partial charge in [0.05, 0.1) is 4.90 Å². The Balaban J connectivity index is 1.39. The Morgan fingerprint density at radius 3 is 2.07 bits per heavy atom. The highest BCUT2D eigenvalue weighted by molar-refractivity contribution is 7.89. The van der Waals surface area contributed by atoms with Crippen molar-refractivity contribution in [1.29, 1.82) is 0 Å². The highest BCUT2D eigenvalue weighted by Gasteiger charge is 2.34. The van der Waals surface area contributed by atoms with E-state index < -0.39 is 20.2 Å². The molecule has 0 radical (unpaired) electrons. The van der Waals surface area contributed by atoms with Crippen molar-refractivity contribution in [2.24, 2.45) is 5.92 Å². The third-order valence-electron chi connectivity index (χ3n) is 9.59. The third-order valence-corrected chi connectivity index (χ3v) is 13.6. The van der Waals surface area contributed by atoms with Crippen LogP contribution >= 0.6 is 11.6 Å². The van der Waals surface area contributed by atoms with Gasteiger partial charge in [-0.05, 0) is 104 Å². The molecule has 2 aliphatic heterocycles. The van der Waals surface area contributed by atoms with E-state index >= 15 is 0 Å². The van der Waals surface area contributed by atoms with Crippen LogP contribution in [0.5, 0.6) is 0 Å². The molecule has 0 spiro atoms. The Kier molecular flexibility index (Phi) is 11.9. The molecule has 0 atom stereocenters. The predicted molar refractivity (Wildman–Crippen MR) is 187 cm³/mol. The van der Waals surface area contributed by atoms with Crippen molar-refractivity contribution in [3.63, 3.8) is 0 Å². The zero-order valence-electron chi connectivity index (χ0n) is 27.4. The number of sulfonamides is 1. The van der Waals surface area contributed by atoms with Crippen LogP contribution in [-0.2, 0) is 33.2 Å². The molecule has 0 amide bonds. The van der Waals surface area contributed by atoms with E-state index in [2.05, 4.69) is 11.5 Å². The number of rotatable bonds is 7. The smallest absolute Gasteiger partial charge is 0.282 e. The fourth-order valence-electron chi connectivity index (χ4n) is 7.00. The monoisotopic (exact) mass is 691 g/mol. The summed E-state index contributed by atoms with van der Waals surface area (Å²) in [5.74, 6) is 0.637. The van der Waals surface area contributed by atoms with Gasteiger partial charge in [-0.25, -0.2) is 8.42 Å². The summed E-state index contributed by atoms with van der Waals surface area (Å²) in [5, 5.41) is 0.653. The summed E-state index contributed by atoms with van der Waals surface area (Å²) >= 11 is 6.20. The van der Waals surface area contributed by atoms with Crippen molar-refractivity contribution in [3.05, 3.63) is 70.8 Å². The largest absolute Gasteiger partial charge is 0.378 e. The standard InChI is InChI=1S/C34H50ClN5O4S2/c1-28-24-38(45(41,42)34-15-13-33(14-16-34)36(2)3)20-7-18-37(26-29-9-5-4-6-10-29)19-8-21-39(25-28)46(43,44)40-22-17-30-23-32(35)12-11-31(30)27-40/h11-16,23,29H,1,4-10,17-22,24-27H2,2-3H3. The molecule has 2 aromatic carbocycles. The zero-order valence-corrected chi connectivity index (χ0v) is 29.8. The van der Waals surface area contributed by atoms with E-state index in [1.54, 1.807) is 22.5 Å². The molecule has 2 aromatic rings. The quantitative estimate of drug-likeness (QED) is 0.370. The van der Waals surface area contributed by atoms with E-state index in [9.17, 15) is 16.8 Å². The number of fused-ring (bicyclic) bond motifs is 1. The van der Waals surface area contributed by atoms with Gasteiger partial charge in [0.1, 0.15) is 0 Å². The van der Waals surface area contributed by atoms with Crippen LogP contribution in [0, 0.1) is 5.92 Å². The van der Waals surface area contributed by atoms with E-state index in [1.807, 2.05) is 43.3 Å². The first kappa shape index (κ1) is 35.3. The minimum Gasteiger partial charge on any atom is -0.378 e. The molecule has 9 nitrogen and oxygen atoms in total. The molecule has 1 saturated heterocycles. The summed E-state index contributed by atoms with van der Waals surface area (Å²) in [4.78, 5) is 4.60. The maximum Gasteiger partial charge on any atom is 0.282 e. The topological polar surface area (TPSA) is 84.5 Å². The van der Waals surface area contributed by atoms with Crippen LogP contribution in [0.4, 0.5) is 5.69 Å². The van der Waals surface area contributed by atoms with Gasteiger partial charge in [0.25, 0.3) is 10.2 Å². The van der Waals surface area contributed by atoms with Crippen LogP contribution in [0.15, 0.2) is 59.5 Å². The number of nitrogens with zero attached hydrogens (tertiary/aromatic N) is 5. The molecule has 1 saturated carbocycles. The summed E-state index contributed by atoms with van der Waals surface area (Å²) in [5.41, 5.74) is 3.51. The number of halogens is 1. The molecule has 0 aromatic heterocycles. The second kappa shape index (κ2) is 15.5. The molecule has 0 N–H and O–H groups in total. The fraction of sp³-hybridized carbons (Fsp3) is 0.588. The van der Waals surface area contributed by atoms with Crippen LogP contribution in [0.3, 0.4) is 0 Å². The van der Waals surface area contributed by atoms with Gasteiger partial charge < -0.3 is 9.80 Å². The molecule has 12 heteroatoms. The van der Waals surface area contributed by atoms with Crippen LogP contribution in [0.2, 0.25) is 5.02 Å². The SMILES string of the molecule is C=C1CN(S(=O)(=O)c2ccc(N(C)C)cc2)CCCN(CC2CCCCC2)CCCN(S(=O)(=O)N2CCc3cc(Cl)ccc3C2)C1. The lowest BCUT2D eigenvalue weighted by atomic mass is 9.89. The van der Waals surface area contributed by atoms with E-state index in [1.165, 1.54) is 40.7 Å². The number of anilines is 1. The zero-order chi connectivity index (χ0) is 32.9. The minimum absolute atomic E-state index is 0.0632. The van der Waals surface area contributed by atoms with Gasteiger partial charge in [-0.15, -0.1) is 0 Å². The summed E-state index contributed by atoms with van der Waals surface area (Å²) in [6, 6.07) is 12.5. The van der Waals surface area contributed by atoms with Crippen molar-refractivity contribution in [3.8, 4) is 0 Å². The molecule has 3 aliphatic rings. The maximum absolute atomic E-state index is 14.2. The highest BCUT2D eigenvalue weighted by Crippen LogP contribution is 2.28. The van der Waals surface area contributed by atoms with Crippen molar-refractivity contribution >= 4 is 37.5 Å². The normalized spacial score (nSPS) is 21.3. The van der Waals surface area contributed by atoms with Crippen molar-refractivity contribution in [2.45, 2.75) is 62.8 Å². The van der Waals surface area contributed by atoms with E-state index in [0.29, 0.717) is 55.4 Å². The number of hydrogen-bond acceptors (Lipinski definition) is 6. The maximum atomic E-state index is 14.2. The van der Waals surface area contributed by atoms with Gasteiger partial charge in [0, 0.05) is 70.6 Å². The van der Waals surface area contributed by atoms with Gasteiger partial charge in [0.2, 0.25) is 10.0 Å². The summed E-state index contributed by atoms with van der Waals surface area (Å²) in [7, 11) is -3.84. The Morgan fingerprint density at radius 2 is 1.39 bits per heavy atom. The first-order chi connectivity index (χ1) is 21.9. The molecule has 0 bridgehead atoms. The molecule has 2 fully saturated rings. The summed E-state index contributed by atoms with van der Waals surface area (Å²) < 4.78 is 61.0. The predicted octanol–water partition coefficient (Wildman–Crippen LogP) is 5.23. The van der Waals surface area contributed by atoms with Crippen molar-refractivity contribution < 1.29 is 16.8 Å². The first-order valence-corrected chi connectivity index (χ1v) is 19.8. The van der Waals surface area contributed by atoms with Crippen LogP contribution in [0.1, 0.15) is 56.1 Å². The average molecular weight is 692 g/mol. The molecular formula is C34H50ClN5O4S2. The lowest BCUT2D eigenvalue weighted by molar-refractivity contribution is 0.187. The first-order valence-electron chi connectivity index (χ1n) is 16.6. The molecule has 46 heavy (non-hydrogen) atoms. The Bertz CT molecular complexity index is 1560. The molecule has 1 aliphatic carbocycles. The average Bonchev–Trinajstić information content (AvgIpc) is 3.03. The van der Waals surface area contributed by atoms with Crippen LogP contribution < -0.4 is 4.90 Å². The van der Waals surface area contributed by atoms with Crippen LogP contribution in [-0.4, -0.2) is 101 Å². The Labute approximate surface area is 282 Å². The van der Waals surface area contributed by atoms with Gasteiger partial charge in [-0.1, -0.05) is 43.5 Å². The number of hydrogen-bond donors (Lipinski definition) is 0. The lowest BCUT2D eigenvalue weighted by Crippen LogP contribution is -2.48. The Hall–Kier alpha value is -1.99. The molecule has 254 valence electrons. The number of benzene rings is 2. The summed E-state index contributed by atoms with van der Waals surface area (Å²) in [6.07, 6.45) is 8.27. The minimum atomic E-state index is -3.84. The Morgan fingerprint density at radius 1 is 0.761 bits per heavy atom. The van der Waals surface area contributed by atoms with E-state index in [0.717, 1.165) is 36.4 Å². The van der Waals surface area contributed by atoms with E-state index in [-0.39, 0.29) is 24.5 Å². The van der Waals surface area contributed by atoms with Gasteiger partial charge in [0.15, 0.2) is 0 Å². The molecular weight excluding hydrogens is 642 g/mol. The fourth-order valence-corrected chi connectivity index (χ4v) is 10.4. The van der Waals surface area contributed by atoms with Crippen molar-refractivity contribution in [1.82, 2.24) is 17.8 Å².